The van der Waals surface area contributed by atoms with Gasteiger partial charge in [-0.25, -0.2) is 0 Å². The first kappa shape index (κ1) is 12.4. The summed E-state index contributed by atoms with van der Waals surface area (Å²) in [5, 5.41) is 0. The van der Waals surface area contributed by atoms with Crippen LogP contribution in [0.15, 0.2) is 48.7 Å². The van der Waals surface area contributed by atoms with Crippen LogP contribution in [-0.4, -0.2) is 4.98 Å². The van der Waals surface area contributed by atoms with E-state index < -0.39 is 0 Å². The molecule has 0 N–H and O–H groups in total. The first-order valence-electron chi connectivity index (χ1n) is 7.43. The van der Waals surface area contributed by atoms with E-state index in [0.717, 1.165) is 12.3 Å². The fraction of sp³-hybridized carbons (Fsp3) is 0.389. The second kappa shape index (κ2) is 6.01. The van der Waals surface area contributed by atoms with E-state index in [9.17, 15) is 0 Å². The summed E-state index contributed by atoms with van der Waals surface area (Å²) in [4.78, 5) is 4.65. The first-order valence-corrected chi connectivity index (χ1v) is 7.43. The third kappa shape index (κ3) is 3.04. The third-order valence-corrected chi connectivity index (χ3v) is 4.18. The zero-order chi connectivity index (χ0) is 12.9. The van der Waals surface area contributed by atoms with E-state index in [1.54, 1.807) is 0 Å². The maximum atomic E-state index is 4.65. The van der Waals surface area contributed by atoms with Gasteiger partial charge in [0.1, 0.15) is 0 Å². The van der Waals surface area contributed by atoms with Gasteiger partial charge in [0.15, 0.2) is 0 Å². The average molecular weight is 251 g/mol. The molecule has 0 bridgehead atoms. The van der Waals surface area contributed by atoms with Crippen molar-refractivity contribution in [3.8, 4) is 11.1 Å². The lowest BCUT2D eigenvalue weighted by molar-refractivity contribution is 0.354. The Hall–Kier alpha value is -1.63. The Morgan fingerprint density at radius 3 is 2.47 bits per heavy atom. The molecular formula is C18H21N. The van der Waals surface area contributed by atoms with Gasteiger partial charge in [0.05, 0.1) is 0 Å². The van der Waals surface area contributed by atoms with Crippen LogP contribution in [0.4, 0.5) is 0 Å². The van der Waals surface area contributed by atoms with Crippen molar-refractivity contribution in [3.63, 3.8) is 0 Å². The van der Waals surface area contributed by atoms with Crippen molar-refractivity contribution in [2.75, 3.05) is 0 Å². The van der Waals surface area contributed by atoms with Crippen molar-refractivity contribution in [1.29, 1.82) is 0 Å². The number of nitrogens with zero attached hydrogens (tertiary/aromatic N) is 1. The molecule has 1 heterocycles. The predicted molar refractivity (Wildman–Crippen MR) is 80.0 cm³/mol. The lowest BCUT2D eigenvalue weighted by Crippen LogP contribution is -2.10. The van der Waals surface area contributed by atoms with E-state index in [1.807, 2.05) is 12.3 Å². The minimum absolute atomic E-state index is 0.839. The molecular weight excluding hydrogens is 230 g/mol. The molecule has 1 aromatic carbocycles. The fourth-order valence-electron chi connectivity index (χ4n) is 3.15. The third-order valence-electron chi connectivity index (χ3n) is 4.18. The van der Waals surface area contributed by atoms with Gasteiger partial charge in [0.2, 0.25) is 0 Å². The standard InChI is InChI=1S/C18H21N/c1-3-8-15(9-4-1)14-18-17(12-7-13-19-18)16-10-5-2-6-11-16/h2,5-7,10-13,15H,1,3-4,8-9,14H2. The van der Waals surface area contributed by atoms with Gasteiger partial charge in [0, 0.05) is 17.5 Å². The smallest absolute Gasteiger partial charge is 0.0484 e. The lowest BCUT2D eigenvalue weighted by atomic mass is 9.85. The van der Waals surface area contributed by atoms with Crippen LogP contribution in [0.2, 0.25) is 0 Å². The van der Waals surface area contributed by atoms with Crippen LogP contribution in [0.25, 0.3) is 11.1 Å². The molecule has 0 saturated heterocycles. The van der Waals surface area contributed by atoms with Crippen molar-refractivity contribution < 1.29 is 0 Å². The van der Waals surface area contributed by atoms with Crippen LogP contribution in [-0.2, 0) is 6.42 Å². The molecule has 1 fully saturated rings. The van der Waals surface area contributed by atoms with Crippen molar-refractivity contribution in [2.24, 2.45) is 5.92 Å². The Bertz CT molecular complexity index is 512. The number of pyridine rings is 1. The number of rotatable bonds is 3. The highest BCUT2D eigenvalue weighted by Crippen LogP contribution is 2.30. The predicted octanol–water partition coefficient (Wildman–Crippen LogP) is 4.87. The molecule has 1 heteroatoms. The number of benzene rings is 1. The summed E-state index contributed by atoms with van der Waals surface area (Å²) >= 11 is 0. The van der Waals surface area contributed by atoms with Crippen molar-refractivity contribution >= 4 is 0 Å². The van der Waals surface area contributed by atoms with Crippen molar-refractivity contribution in [1.82, 2.24) is 4.98 Å². The van der Waals surface area contributed by atoms with Gasteiger partial charge in [-0.15, -0.1) is 0 Å². The summed E-state index contributed by atoms with van der Waals surface area (Å²) in [6, 6.07) is 14.9. The van der Waals surface area contributed by atoms with Gasteiger partial charge < -0.3 is 0 Å². The summed E-state index contributed by atoms with van der Waals surface area (Å²) in [6.07, 6.45) is 10.1. The summed E-state index contributed by atoms with van der Waals surface area (Å²) in [6.45, 7) is 0. The zero-order valence-corrected chi connectivity index (χ0v) is 11.4. The first-order chi connectivity index (χ1) is 9.43. The summed E-state index contributed by atoms with van der Waals surface area (Å²) in [7, 11) is 0. The second-order valence-corrected chi connectivity index (χ2v) is 5.57. The molecule has 19 heavy (non-hydrogen) atoms. The number of aromatic nitrogens is 1. The Labute approximate surface area is 115 Å². The van der Waals surface area contributed by atoms with Gasteiger partial charge in [-0.3, -0.25) is 4.98 Å². The van der Waals surface area contributed by atoms with Gasteiger partial charge >= 0.3 is 0 Å². The van der Waals surface area contributed by atoms with Crippen molar-refractivity contribution in [3.05, 3.63) is 54.4 Å². The second-order valence-electron chi connectivity index (χ2n) is 5.57. The Morgan fingerprint density at radius 2 is 1.68 bits per heavy atom. The normalized spacial score (nSPS) is 16.4. The highest BCUT2D eigenvalue weighted by Gasteiger charge is 2.16. The van der Waals surface area contributed by atoms with Crippen LogP contribution in [0.5, 0.6) is 0 Å². The molecule has 3 rings (SSSR count). The topological polar surface area (TPSA) is 12.9 Å². The summed E-state index contributed by atoms with van der Waals surface area (Å²) in [5.74, 6) is 0.839. The zero-order valence-electron chi connectivity index (χ0n) is 11.4. The van der Waals surface area contributed by atoms with Gasteiger partial charge in [-0.05, 0) is 24.0 Å². The monoisotopic (exact) mass is 251 g/mol. The molecule has 1 nitrogen and oxygen atoms in total. The largest absolute Gasteiger partial charge is 0.261 e. The maximum absolute atomic E-state index is 4.65. The van der Waals surface area contributed by atoms with E-state index in [0.29, 0.717) is 0 Å². The molecule has 1 aliphatic carbocycles. The van der Waals surface area contributed by atoms with Gasteiger partial charge in [-0.1, -0.05) is 68.5 Å². The molecule has 0 atom stereocenters. The van der Waals surface area contributed by atoms with Crippen molar-refractivity contribution in [2.45, 2.75) is 38.5 Å². The Balaban J connectivity index is 1.85. The summed E-state index contributed by atoms with van der Waals surface area (Å²) in [5.41, 5.74) is 3.88. The molecule has 98 valence electrons. The number of hydrogen-bond donors (Lipinski definition) is 0. The van der Waals surface area contributed by atoms with Gasteiger partial charge in [-0.2, -0.15) is 0 Å². The van der Waals surface area contributed by atoms with E-state index in [4.69, 9.17) is 0 Å². The average Bonchev–Trinajstić information content (AvgIpc) is 2.50. The van der Waals surface area contributed by atoms with Crippen LogP contribution in [0, 0.1) is 5.92 Å². The minimum Gasteiger partial charge on any atom is -0.261 e. The Morgan fingerprint density at radius 1 is 0.895 bits per heavy atom. The highest BCUT2D eigenvalue weighted by atomic mass is 14.7. The van der Waals surface area contributed by atoms with Crippen LogP contribution in [0.3, 0.4) is 0 Å². The highest BCUT2D eigenvalue weighted by molar-refractivity contribution is 5.65. The molecule has 1 aromatic heterocycles. The number of hydrogen-bond acceptors (Lipinski definition) is 1. The lowest BCUT2D eigenvalue weighted by Gasteiger charge is -2.22. The molecule has 2 aromatic rings. The SMILES string of the molecule is c1ccc(-c2cccnc2CC2CCCCC2)cc1. The van der Waals surface area contributed by atoms with Crippen LogP contribution < -0.4 is 0 Å². The van der Waals surface area contributed by atoms with E-state index >= 15 is 0 Å². The van der Waals surface area contributed by atoms with Crippen LogP contribution >= 0.6 is 0 Å². The molecule has 0 amide bonds. The molecule has 0 radical (unpaired) electrons. The minimum atomic E-state index is 0.839. The van der Waals surface area contributed by atoms with Crippen LogP contribution in [0.1, 0.15) is 37.8 Å². The quantitative estimate of drug-likeness (QED) is 0.758. The fourth-order valence-corrected chi connectivity index (χ4v) is 3.15. The van der Waals surface area contributed by atoms with Gasteiger partial charge in [0.25, 0.3) is 0 Å². The summed E-state index contributed by atoms with van der Waals surface area (Å²) < 4.78 is 0. The van der Waals surface area contributed by atoms with E-state index in [2.05, 4.69) is 41.4 Å². The van der Waals surface area contributed by atoms with E-state index in [1.165, 1.54) is 48.9 Å². The van der Waals surface area contributed by atoms with E-state index in [-0.39, 0.29) is 0 Å². The molecule has 0 spiro atoms. The molecule has 0 unspecified atom stereocenters. The maximum Gasteiger partial charge on any atom is 0.0484 e. The molecule has 1 aliphatic rings. The Kier molecular flexibility index (Phi) is 3.92. The molecule has 1 saturated carbocycles. The molecule has 0 aliphatic heterocycles.